The van der Waals surface area contributed by atoms with Gasteiger partial charge in [-0.1, -0.05) is 12.1 Å². The van der Waals surface area contributed by atoms with Crippen LogP contribution in [-0.2, 0) is 9.59 Å². The number of aryl methyl sites for hydroxylation is 1. The van der Waals surface area contributed by atoms with Crippen LogP contribution < -0.4 is 4.74 Å². The van der Waals surface area contributed by atoms with Crippen molar-refractivity contribution in [3.8, 4) is 5.75 Å². The van der Waals surface area contributed by atoms with Crippen LogP contribution in [0.25, 0.3) is 0 Å². The molecule has 0 atom stereocenters. The number of hydrogen-bond acceptors (Lipinski definition) is 3. The normalized spacial score (nSPS) is 15.3. The van der Waals surface area contributed by atoms with Gasteiger partial charge in [0.2, 0.25) is 11.8 Å². The molecular formula is C18H26N2O3. The molecule has 1 heterocycles. The van der Waals surface area contributed by atoms with Gasteiger partial charge in [0.05, 0.1) is 6.54 Å². The average molecular weight is 318 g/mol. The van der Waals surface area contributed by atoms with E-state index in [1.54, 1.807) is 11.8 Å². The molecule has 2 amide bonds. The summed E-state index contributed by atoms with van der Waals surface area (Å²) in [5, 5.41) is 0. The highest BCUT2D eigenvalue weighted by Crippen LogP contribution is 2.19. The van der Waals surface area contributed by atoms with Crippen molar-refractivity contribution in [1.82, 2.24) is 9.80 Å². The first-order chi connectivity index (χ1) is 11.0. The van der Waals surface area contributed by atoms with Gasteiger partial charge in [-0.3, -0.25) is 9.59 Å². The maximum Gasteiger partial charge on any atom is 0.225 e. The molecule has 0 aromatic heterocycles. The van der Waals surface area contributed by atoms with Gasteiger partial charge in [0, 0.05) is 33.0 Å². The SMILES string of the molecule is CC(=O)N1CCC(C(=O)N(C)CCOc2cccc(C)c2)CC1. The Morgan fingerprint density at radius 2 is 2.00 bits per heavy atom. The third-order valence-electron chi connectivity index (χ3n) is 4.35. The highest BCUT2D eigenvalue weighted by Gasteiger charge is 2.27. The third-order valence-corrected chi connectivity index (χ3v) is 4.35. The van der Waals surface area contributed by atoms with Gasteiger partial charge in [-0.15, -0.1) is 0 Å². The second-order valence-electron chi connectivity index (χ2n) is 6.21. The Hall–Kier alpha value is -2.04. The molecule has 0 spiro atoms. The fourth-order valence-electron chi connectivity index (χ4n) is 2.87. The van der Waals surface area contributed by atoms with E-state index in [1.807, 2.05) is 43.1 Å². The molecule has 23 heavy (non-hydrogen) atoms. The van der Waals surface area contributed by atoms with E-state index in [2.05, 4.69) is 0 Å². The zero-order chi connectivity index (χ0) is 16.8. The van der Waals surface area contributed by atoms with Crippen LogP contribution in [0.4, 0.5) is 0 Å². The molecule has 2 rings (SSSR count). The summed E-state index contributed by atoms with van der Waals surface area (Å²) in [6.45, 7) is 6.02. The van der Waals surface area contributed by atoms with Gasteiger partial charge in [-0.05, 0) is 37.5 Å². The number of likely N-dealkylation sites (tertiary alicyclic amines) is 1. The topological polar surface area (TPSA) is 49.9 Å². The van der Waals surface area contributed by atoms with Crippen molar-refractivity contribution < 1.29 is 14.3 Å². The Balaban J connectivity index is 1.74. The van der Waals surface area contributed by atoms with Crippen molar-refractivity contribution in [2.75, 3.05) is 33.3 Å². The first-order valence-electron chi connectivity index (χ1n) is 8.17. The van der Waals surface area contributed by atoms with Crippen LogP contribution in [0.1, 0.15) is 25.3 Å². The Bertz CT molecular complexity index is 551. The van der Waals surface area contributed by atoms with Gasteiger partial charge >= 0.3 is 0 Å². The van der Waals surface area contributed by atoms with Crippen LogP contribution >= 0.6 is 0 Å². The lowest BCUT2D eigenvalue weighted by molar-refractivity contribution is -0.139. The van der Waals surface area contributed by atoms with E-state index < -0.39 is 0 Å². The minimum Gasteiger partial charge on any atom is -0.492 e. The number of carbonyl (C=O) groups excluding carboxylic acids is 2. The molecule has 1 aromatic carbocycles. The van der Waals surface area contributed by atoms with Crippen molar-refractivity contribution in [3.05, 3.63) is 29.8 Å². The summed E-state index contributed by atoms with van der Waals surface area (Å²) in [6, 6.07) is 7.89. The number of benzene rings is 1. The van der Waals surface area contributed by atoms with Crippen molar-refractivity contribution in [1.29, 1.82) is 0 Å². The maximum atomic E-state index is 12.4. The van der Waals surface area contributed by atoms with Crippen molar-refractivity contribution in [3.63, 3.8) is 0 Å². The summed E-state index contributed by atoms with van der Waals surface area (Å²) in [7, 11) is 1.82. The fourth-order valence-corrected chi connectivity index (χ4v) is 2.87. The highest BCUT2D eigenvalue weighted by atomic mass is 16.5. The summed E-state index contributed by atoms with van der Waals surface area (Å²) in [5.41, 5.74) is 1.16. The lowest BCUT2D eigenvalue weighted by Crippen LogP contribution is -2.43. The quantitative estimate of drug-likeness (QED) is 0.835. The van der Waals surface area contributed by atoms with Crippen molar-refractivity contribution in [2.24, 2.45) is 5.92 Å². The second kappa shape index (κ2) is 7.99. The maximum absolute atomic E-state index is 12.4. The molecule has 0 aliphatic carbocycles. The zero-order valence-electron chi connectivity index (χ0n) is 14.2. The molecule has 0 saturated carbocycles. The largest absolute Gasteiger partial charge is 0.492 e. The van der Waals surface area contributed by atoms with Gasteiger partial charge in [0.25, 0.3) is 0 Å². The minimum absolute atomic E-state index is 0.0227. The fraction of sp³-hybridized carbons (Fsp3) is 0.556. The number of ether oxygens (including phenoxy) is 1. The summed E-state index contributed by atoms with van der Waals surface area (Å²) < 4.78 is 5.70. The van der Waals surface area contributed by atoms with Crippen LogP contribution in [0.2, 0.25) is 0 Å². The standard InChI is InChI=1S/C18H26N2O3/c1-14-5-4-6-17(13-14)23-12-11-19(3)18(22)16-7-9-20(10-8-16)15(2)21/h4-6,13,16H,7-12H2,1-3H3. The Labute approximate surface area is 138 Å². The lowest BCUT2D eigenvalue weighted by atomic mass is 9.95. The number of hydrogen-bond donors (Lipinski definition) is 0. The van der Waals surface area contributed by atoms with E-state index in [0.717, 1.165) is 24.2 Å². The average Bonchev–Trinajstić information content (AvgIpc) is 2.54. The Morgan fingerprint density at radius 1 is 1.30 bits per heavy atom. The molecule has 1 saturated heterocycles. The summed E-state index contributed by atoms with van der Waals surface area (Å²) >= 11 is 0. The number of piperidine rings is 1. The van der Waals surface area contributed by atoms with E-state index in [9.17, 15) is 9.59 Å². The van der Waals surface area contributed by atoms with Crippen molar-refractivity contribution >= 4 is 11.8 Å². The molecule has 0 bridgehead atoms. The Kier molecular flexibility index (Phi) is 6.02. The van der Waals surface area contributed by atoms with E-state index in [0.29, 0.717) is 26.2 Å². The molecule has 1 aliphatic heterocycles. The number of carbonyl (C=O) groups is 2. The lowest BCUT2D eigenvalue weighted by Gasteiger charge is -2.32. The first-order valence-corrected chi connectivity index (χ1v) is 8.17. The molecular weight excluding hydrogens is 292 g/mol. The number of rotatable bonds is 5. The monoisotopic (exact) mass is 318 g/mol. The molecule has 126 valence electrons. The molecule has 1 aliphatic rings. The predicted octanol–water partition coefficient (Wildman–Crippen LogP) is 2.09. The predicted molar refractivity (Wildman–Crippen MR) is 89.3 cm³/mol. The summed E-state index contributed by atoms with van der Waals surface area (Å²) in [6.07, 6.45) is 1.50. The van der Waals surface area contributed by atoms with E-state index in [4.69, 9.17) is 4.74 Å². The summed E-state index contributed by atoms with van der Waals surface area (Å²) in [4.78, 5) is 27.3. The molecule has 1 fully saturated rings. The van der Waals surface area contributed by atoms with Crippen LogP contribution in [0, 0.1) is 12.8 Å². The number of nitrogens with zero attached hydrogens (tertiary/aromatic N) is 2. The summed E-state index contributed by atoms with van der Waals surface area (Å²) in [5.74, 6) is 1.10. The number of amides is 2. The van der Waals surface area contributed by atoms with E-state index >= 15 is 0 Å². The zero-order valence-corrected chi connectivity index (χ0v) is 14.2. The smallest absolute Gasteiger partial charge is 0.225 e. The van der Waals surface area contributed by atoms with Crippen LogP contribution in [0.15, 0.2) is 24.3 Å². The molecule has 0 radical (unpaired) electrons. The Morgan fingerprint density at radius 3 is 2.61 bits per heavy atom. The van der Waals surface area contributed by atoms with Crippen LogP contribution in [0.3, 0.4) is 0 Å². The molecule has 5 heteroatoms. The third kappa shape index (κ3) is 4.98. The second-order valence-corrected chi connectivity index (χ2v) is 6.21. The molecule has 5 nitrogen and oxygen atoms in total. The van der Waals surface area contributed by atoms with Crippen LogP contribution in [-0.4, -0.2) is 54.9 Å². The first kappa shape index (κ1) is 17.3. The van der Waals surface area contributed by atoms with Gasteiger partial charge in [-0.25, -0.2) is 0 Å². The van der Waals surface area contributed by atoms with Crippen molar-refractivity contribution in [2.45, 2.75) is 26.7 Å². The van der Waals surface area contributed by atoms with Gasteiger partial charge in [0.15, 0.2) is 0 Å². The molecule has 0 N–H and O–H groups in total. The van der Waals surface area contributed by atoms with Crippen LogP contribution in [0.5, 0.6) is 5.75 Å². The molecule has 0 unspecified atom stereocenters. The molecule has 1 aromatic rings. The van der Waals surface area contributed by atoms with Gasteiger partial charge in [-0.2, -0.15) is 0 Å². The van der Waals surface area contributed by atoms with Gasteiger partial charge < -0.3 is 14.5 Å². The van der Waals surface area contributed by atoms with E-state index in [1.165, 1.54) is 0 Å². The highest BCUT2D eigenvalue weighted by molar-refractivity contribution is 5.79. The van der Waals surface area contributed by atoms with E-state index in [-0.39, 0.29) is 17.7 Å². The number of likely N-dealkylation sites (N-methyl/N-ethyl adjacent to an activating group) is 1. The van der Waals surface area contributed by atoms with Gasteiger partial charge in [0.1, 0.15) is 12.4 Å². The minimum atomic E-state index is 0.0227.